The van der Waals surface area contributed by atoms with Crippen molar-refractivity contribution in [3.63, 3.8) is 0 Å². The highest BCUT2D eigenvalue weighted by Crippen LogP contribution is 2.57. The quantitative estimate of drug-likeness (QED) is 0.573. The Labute approximate surface area is 135 Å². The monoisotopic (exact) mass is 292 g/mol. The molecule has 3 unspecified atom stereocenters. The van der Waals surface area contributed by atoms with Crippen LogP contribution in [-0.2, 0) is 12.8 Å². The lowest BCUT2D eigenvalue weighted by Gasteiger charge is -2.40. The third kappa shape index (κ3) is 2.02. The molecule has 4 aliphatic rings. The van der Waals surface area contributed by atoms with Crippen LogP contribution in [0.2, 0.25) is 0 Å². The Kier molecular flexibility index (Phi) is 3.03. The van der Waals surface area contributed by atoms with Gasteiger partial charge in [0.2, 0.25) is 0 Å². The van der Waals surface area contributed by atoms with Gasteiger partial charge in [-0.15, -0.1) is 0 Å². The van der Waals surface area contributed by atoms with Crippen molar-refractivity contribution in [2.45, 2.75) is 70.1 Å². The Bertz CT molecular complexity index is 604. The maximum absolute atomic E-state index is 2.60. The summed E-state index contributed by atoms with van der Waals surface area (Å²) in [5.41, 5.74) is 5.67. The summed E-state index contributed by atoms with van der Waals surface area (Å²) in [6.07, 6.45) is 19.3. The number of aryl methyl sites for hydroxylation is 1. The van der Waals surface area contributed by atoms with E-state index in [-0.39, 0.29) is 0 Å². The fourth-order valence-corrected chi connectivity index (χ4v) is 6.14. The number of allylic oxidation sites excluding steroid dienone is 2. The van der Waals surface area contributed by atoms with Gasteiger partial charge in [-0.1, -0.05) is 49.6 Å². The van der Waals surface area contributed by atoms with Gasteiger partial charge < -0.3 is 0 Å². The number of benzene rings is 1. The van der Waals surface area contributed by atoms with E-state index >= 15 is 0 Å². The number of hydrogen-bond acceptors (Lipinski definition) is 0. The van der Waals surface area contributed by atoms with Crippen LogP contribution in [0.25, 0.3) is 0 Å². The van der Waals surface area contributed by atoms with E-state index in [1.807, 2.05) is 0 Å². The molecule has 0 nitrogen and oxygen atoms in total. The smallest absolute Gasteiger partial charge is 0.0162 e. The minimum atomic E-state index is 0.638. The first-order valence-electron chi connectivity index (χ1n) is 9.62. The van der Waals surface area contributed by atoms with Gasteiger partial charge in [0.05, 0.1) is 0 Å². The minimum absolute atomic E-state index is 0.638. The molecule has 2 bridgehead atoms. The first kappa shape index (κ1) is 13.4. The van der Waals surface area contributed by atoms with Gasteiger partial charge in [0, 0.05) is 0 Å². The highest BCUT2D eigenvalue weighted by Gasteiger charge is 2.49. The van der Waals surface area contributed by atoms with Crippen LogP contribution in [0.15, 0.2) is 30.4 Å². The molecule has 1 aromatic carbocycles. The van der Waals surface area contributed by atoms with E-state index in [9.17, 15) is 0 Å². The van der Waals surface area contributed by atoms with Gasteiger partial charge in [-0.25, -0.2) is 0 Å². The van der Waals surface area contributed by atoms with Crippen molar-refractivity contribution in [1.29, 1.82) is 0 Å². The molecule has 22 heavy (non-hydrogen) atoms. The zero-order valence-corrected chi connectivity index (χ0v) is 13.7. The van der Waals surface area contributed by atoms with Crippen LogP contribution in [0.4, 0.5) is 0 Å². The third-order valence-electron chi connectivity index (χ3n) is 7.37. The van der Waals surface area contributed by atoms with Crippen molar-refractivity contribution in [3.8, 4) is 0 Å². The average Bonchev–Trinajstić information content (AvgIpc) is 3.16. The maximum Gasteiger partial charge on any atom is -0.0162 e. The van der Waals surface area contributed by atoms with Crippen molar-refractivity contribution in [2.75, 3.05) is 0 Å². The fraction of sp³-hybridized carbons (Fsp3) is 0.636. The van der Waals surface area contributed by atoms with E-state index in [4.69, 9.17) is 0 Å². The summed E-state index contributed by atoms with van der Waals surface area (Å²) in [6, 6.07) is 7.59. The molecular formula is C22H28. The summed E-state index contributed by atoms with van der Waals surface area (Å²) in [5, 5.41) is 0. The fourth-order valence-electron chi connectivity index (χ4n) is 6.14. The molecule has 0 amide bonds. The van der Waals surface area contributed by atoms with E-state index in [0.717, 1.165) is 17.8 Å². The molecular weight excluding hydrogens is 264 g/mol. The van der Waals surface area contributed by atoms with Gasteiger partial charge in [0.15, 0.2) is 0 Å². The van der Waals surface area contributed by atoms with Crippen LogP contribution in [0, 0.1) is 17.3 Å². The van der Waals surface area contributed by atoms with E-state index < -0.39 is 0 Å². The molecule has 2 saturated carbocycles. The second kappa shape index (κ2) is 4.98. The summed E-state index contributed by atoms with van der Waals surface area (Å²) in [4.78, 5) is 0. The van der Waals surface area contributed by atoms with Crippen LogP contribution in [0.5, 0.6) is 0 Å². The van der Waals surface area contributed by atoms with Crippen molar-refractivity contribution in [3.05, 3.63) is 47.0 Å². The van der Waals surface area contributed by atoms with Crippen LogP contribution < -0.4 is 0 Å². The molecule has 0 heteroatoms. The Balaban J connectivity index is 1.41. The van der Waals surface area contributed by atoms with Crippen LogP contribution in [-0.4, -0.2) is 0 Å². The highest BCUT2D eigenvalue weighted by atomic mass is 14.5. The molecule has 0 aromatic heterocycles. The first-order chi connectivity index (χ1) is 10.8. The van der Waals surface area contributed by atoms with Gasteiger partial charge in [0.25, 0.3) is 0 Å². The average molecular weight is 292 g/mol. The van der Waals surface area contributed by atoms with E-state index in [0.29, 0.717) is 5.41 Å². The summed E-state index contributed by atoms with van der Waals surface area (Å²) in [5.74, 6) is 2.66. The van der Waals surface area contributed by atoms with Gasteiger partial charge in [0.1, 0.15) is 0 Å². The second-order valence-electron chi connectivity index (χ2n) is 8.59. The first-order valence-corrected chi connectivity index (χ1v) is 9.62. The van der Waals surface area contributed by atoms with Crippen molar-refractivity contribution in [2.24, 2.45) is 17.3 Å². The lowest BCUT2D eigenvalue weighted by molar-refractivity contribution is 0.195. The topological polar surface area (TPSA) is 0 Å². The molecule has 5 rings (SSSR count). The van der Waals surface area contributed by atoms with E-state index in [1.54, 1.807) is 16.7 Å². The number of fused-ring (bicyclic) bond motifs is 4. The predicted octanol–water partition coefficient (Wildman–Crippen LogP) is 5.81. The third-order valence-corrected chi connectivity index (χ3v) is 7.37. The largest absolute Gasteiger partial charge is 0.0851 e. The van der Waals surface area contributed by atoms with Gasteiger partial charge >= 0.3 is 0 Å². The minimum Gasteiger partial charge on any atom is -0.0851 e. The van der Waals surface area contributed by atoms with E-state index in [1.165, 1.54) is 64.2 Å². The van der Waals surface area contributed by atoms with Crippen molar-refractivity contribution < 1.29 is 0 Å². The number of hydrogen-bond donors (Lipinski definition) is 0. The van der Waals surface area contributed by atoms with Crippen molar-refractivity contribution in [1.82, 2.24) is 0 Å². The van der Waals surface area contributed by atoms with Crippen molar-refractivity contribution >= 4 is 0 Å². The molecule has 3 atom stereocenters. The van der Waals surface area contributed by atoms with Crippen LogP contribution in [0.3, 0.4) is 0 Å². The summed E-state index contributed by atoms with van der Waals surface area (Å²) in [6.45, 7) is 0. The zero-order valence-electron chi connectivity index (χ0n) is 13.7. The van der Waals surface area contributed by atoms with Crippen LogP contribution >= 0.6 is 0 Å². The Hall–Kier alpha value is -1.04. The molecule has 1 aromatic rings. The SMILES string of the molecule is C1=CC2CC1CC21CCc2cc(C3CCCCC3)ccc2C1. The van der Waals surface area contributed by atoms with Gasteiger partial charge in [-0.3, -0.25) is 0 Å². The normalized spacial score (nSPS) is 36.9. The lowest BCUT2D eigenvalue weighted by atomic mass is 9.64. The zero-order chi connectivity index (χ0) is 14.6. The Morgan fingerprint density at radius 1 is 0.955 bits per heavy atom. The molecule has 0 N–H and O–H groups in total. The molecule has 4 aliphatic carbocycles. The molecule has 0 radical (unpaired) electrons. The molecule has 0 saturated heterocycles. The number of rotatable bonds is 1. The van der Waals surface area contributed by atoms with Gasteiger partial charge in [-0.2, -0.15) is 0 Å². The Morgan fingerprint density at radius 2 is 1.86 bits per heavy atom. The van der Waals surface area contributed by atoms with Gasteiger partial charge in [-0.05, 0) is 84.8 Å². The highest BCUT2D eigenvalue weighted by molar-refractivity contribution is 5.38. The molecule has 0 heterocycles. The molecule has 0 aliphatic heterocycles. The molecule has 116 valence electrons. The summed E-state index contributed by atoms with van der Waals surface area (Å²) >= 11 is 0. The maximum atomic E-state index is 2.60. The van der Waals surface area contributed by atoms with Crippen LogP contribution in [0.1, 0.15) is 74.0 Å². The molecule has 1 spiro atoms. The molecule has 2 fully saturated rings. The lowest BCUT2D eigenvalue weighted by Crippen LogP contribution is -2.32. The Morgan fingerprint density at radius 3 is 2.64 bits per heavy atom. The summed E-state index contributed by atoms with van der Waals surface area (Å²) in [7, 11) is 0. The predicted molar refractivity (Wildman–Crippen MR) is 92.1 cm³/mol. The standard InChI is InChI=1S/C22H28/c1-2-4-17(5-3-1)18-7-8-20-15-22(11-10-19(20)13-18)14-16-6-9-21(22)12-16/h6-9,13,16-17,21H,1-5,10-12,14-15H2. The van der Waals surface area contributed by atoms with E-state index in [2.05, 4.69) is 30.4 Å². The second-order valence-corrected chi connectivity index (χ2v) is 8.59. The summed E-state index contributed by atoms with van der Waals surface area (Å²) < 4.78 is 0.